The summed E-state index contributed by atoms with van der Waals surface area (Å²) in [6.07, 6.45) is 5.75. The fourth-order valence-corrected chi connectivity index (χ4v) is 2.46. The van der Waals surface area contributed by atoms with E-state index in [0.717, 1.165) is 15.7 Å². The van der Waals surface area contributed by atoms with Crippen LogP contribution in [-0.2, 0) is 0 Å². The zero-order valence-electron chi connectivity index (χ0n) is 7.24. The predicted octanol–water partition coefficient (Wildman–Crippen LogP) is 2.42. The standard InChI is InChI=1S/C9H11IN2O/c10-9-5-8(6-13)12(11-9)7-3-1-2-4-7/h5-7H,1-4H2. The summed E-state index contributed by atoms with van der Waals surface area (Å²) in [5.41, 5.74) is 0.719. The summed E-state index contributed by atoms with van der Waals surface area (Å²) in [5.74, 6) is 0. The fraction of sp³-hybridized carbons (Fsp3) is 0.556. The Morgan fingerprint density at radius 1 is 1.54 bits per heavy atom. The topological polar surface area (TPSA) is 34.9 Å². The van der Waals surface area contributed by atoms with Crippen LogP contribution in [0.15, 0.2) is 6.07 Å². The number of aromatic nitrogens is 2. The molecule has 0 unspecified atom stereocenters. The molecule has 1 aliphatic rings. The van der Waals surface area contributed by atoms with Crippen LogP contribution in [0.4, 0.5) is 0 Å². The van der Waals surface area contributed by atoms with Crippen LogP contribution >= 0.6 is 22.6 Å². The largest absolute Gasteiger partial charge is 0.296 e. The third kappa shape index (κ3) is 1.77. The molecule has 0 bridgehead atoms. The van der Waals surface area contributed by atoms with Crippen molar-refractivity contribution in [3.05, 3.63) is 15.5 Å². The SMILES string of the molecule is O=Cc1cc(I)nn1C1CCCC1. The minimum atomic E-state index is 0.462. The van der Waals surface area contributed by atoms with Crippen LogP contribution in [-0.4, -0.2) is 16.1 Å². The van der Waals surface area contributed by atoms with E-state index in [-0.39, 0.29) is 0 Å². The zero-order chi connectivity index (χ0) is 9.26. The van der Waals surface area contributed by atoms with Crippen molar-refractivity contribution in [3.8, 4) is 0 Å². The van der Waals surface area contributed by atoms with Crippen molar-refractivity contribution in [1.82, 2.24) is 9.78 Å². The maximum absolute atomic E-state index is 10.7. The van der Waals surface area contributed by atoms with Crippen LogP contribution < -0.4 is 0 Å². The average Bonchev–Trinajstić information content (AvgIpc) is 2.71. The molecule has 1 aliphatic carbocycles. The van der Waals surface area contributed by atoms with Crippen molar-refractivity contribution in [2.45, 2.75) is 31.7 Å². The molecular formula is C9H11IN2O. The van der Waals surface area contributed by atoms with Crippen molar-refractivity contribution in [1.29, 1.82) is 0 Å². The smallest absolute Gasteiger partial charge is 0.168 e. The van der Waals surface area contributed by atoms with E-state index in [0.29, 0.717) is 6.04 Å². The quantitative estimate of drug-likeness (QED) is 0.619. The lowest BCUT2D eigenvalue weighted by molar-refractivity contribution is 0.111. The lowest BCUT2D eigenvalue weighted by Crippen LogP contribution is -2.09. The Labute approximate surface area is 90.6 Å². The van der Waals surface area contributed by atoms with Crippen molar-refractivity contribution in [2.75, 3.05) is 0 Å². The van der Waals surface area contributed by atoms with E-state index in [4.69, 9.17) is 0 Å². The second kappa shape index (κ2) is 3.77. The highest BCUT2D eigenvalue weighted by Gasteiger charge is 2.20. The van der Waals surface area contributed by atoms with Gasteiger partial charge in [0.25, 0.3) is 0 Å². The van der Waals surface area contributed by atoms with Gasteiger partial charge in [-0.05, 0) is 35.4 Å². The van der Waals surface area contributed by atoms with Gasteiger partial charge in [0.1, 0.15) is 9.39 Å². The Morgan fingerprint density at radius 2 is 2.23 bits per heavy atom. The van der Waals surface area contributed by atoms with Crippen LogP contribution in [0.5, 0.6) is 0 Å². The number of hydrogen-bond acceptors (Lipinski definition) is 2. The highest BCUT2D eigenvalue weighted by molar-refractivity contribution is 14.1. The molecule has 70 valence electrons. The molecule has 1 aromatic heterocycles. The van der Waals surface area contributed by atoms with Gasteiger partial charge in [0.05, 0.1) is 6.04 Å². The van der Waals surface area contributed by atoms with E-state index in [1.54, 1.807) is 0 Å². The molecule has 1 aromatic rings. The van der Waals surface area contributed by atoms with Crippen molar-refractivity contribution < 1.29 is 4.79 Å². The summed E-state index contributed by atoms with van der Waals surface area (Å²) >= 11 is 2.15. The average molecular weight is 290 g/mol. The van der Waals surface area contributed by atoms with Gasteiger partial charge in [-0.25, -0.2) is 0 Å². The van der Waals surface area contributed by atoms with E-state index < -0.39 is 0 Å². The van der Waals surface area contributed by atoms with Crippen molar-refractivity contribution in [2.24, 2.45) is 0 Å². The van der Waals surface area contributed by atoms with Crippen LogP contribution in [0.2, 0.25) is 0 Å². The second-order valence-electron chi connectivity index (χ2n) is 3.39. The number of aldehydes is 1. The number of rotatable bonds is 2. The van der Waals surface area contributed by atoms with Gasteiger partial charge >= 0.3 is 0 Å². The molecule has 0 saturated heterocycles. The number of carbonyl (C=O) groups excluding carboxylic acids is 1. The Balaban J connectivity index is 2.31. The van der Waals surface area contributed by atoms with Crippen molar-refractivity contribution >= 4 is 28.9 Å². The van der Waals surface area contributed by atoms with E-state index >= 15 is 0 Å². The molecule has 0 radical (unpaired) electrons. The van der Waals surface area contributed by atoms with Gasteiger partial charge in [-0.15, -0.1) is 0 Å². The predicted molar refractivity (Wildman–Crippen MR) is 57.8 cm³/mol. The van der Waals surface area contributed by atoms with E-state index in [1.807, 2.05) is 10.7 Å². The summed E-state index contributed by atoms with van der Waals surface area (Å²) in [7, 11) is 0. The molecule has 0 aromatic carbocycles. The third-order valence-electron chi connectivity index (χ3n) is 2.53. The second-order valence-corrected chi connectivity index (χ2v) is 4.50. The van der Waals surface area contributed by atoms with Gasteiger partial charge in [0.15, 0.2) is 6.29 Å². The highest BCUT2D eigenvalue weighted by atomic mass is 127. The Kier molecular flexibility index (Phi) is 2.66. The minimum absolute atomic E-state index is 0.462. The molecule has 4 heteroatoms. The first kappa shape index (κ1) is 9.18. The first-order valence-electron chi connectivity index (χ1n) is 4.51. The molecular weight excluding hydrogens is 279 g/mol. The first-order valence-corrected chi connectivity index (χ1v) is 5.59. The van der Waals surface area contributed by atoms with Crippen LogP contribution in [0.3, 0.4) is 0 Å². The van der Waals surface area contributed by atoms with Crippen molar-refractivity contribution in [3.63, 3.8) is 0 Å². The molecule has 0 atom stereocenters. The molecule has 13 heavy (non-hydrogen) atoms. The molecule has 0 aliphatic heterocycles. The summed E-state index contributed by atoms with van der Waals surface area (Å²) < 4.78 is 2.80. The molecule has 3 nitrogen and oxygen atoms in total. The van der Waals surface area contributed by atoms with Gasteiger partial charge in [0.2, 0.25) is 0 Å². The normalized spacial score (nSPS) is 17.9. The fourth-order valence-electron chi connectivity index (χ4n) is 1.91. The van der Waals surface area contributed by atoms with Crippen LogP contribution in [0, 0.1) is 3.70 Å². The number of hydrogen-bond donors (Lipinski definition) is 0. The maximum atomic E-state index is 10.7. The molecule has 0 N–H and O–H groups in total. The Bertz CT molecular complexity index is 315. The molecule has 1 heterocycles. The zero-order valence-corrected chi connectivity index (χ0v) is 9.40. The van der Waals surface area contributed by atoms with E-state index in [1.165, 1.54) is 25.7 Å². The Hall–Kier alpha value is -0.390. The minimum Gasteiger partial charge on any atom is -0.296 e. The number of nitrogens with zero attached hydrogens (tertiary/aromatic N) is 2. The highest BCUT2D eigenvalue weighted by Crippen LogP contribution is 2.29. The van der Waals surface area contributed by atoms with Crippen LogP contribution in [0.25, 0.3) is 0 Å². The summed E-state index contributed by atoms with van der Waals surface area (Å²) in [5, 5.41) is 4.34. The van der Waals surface area contributed by atoms with Gasteiger partial charge in [-0.1, -0.05) is 12.8 Å². The molecule has 0 spiro atoms. The maximum Gasteiger partial charge on any atom is 0.168 e. The first-order chi connectivity index (χ1) is 6.31. The Morgan fingerprint density at radius 3 is 2.85 bits per heavy atom. The molecule has 1 fully saturated rings. The third-order valence-corrected chi connectivity index (χ3v) is 3.05. The van der Waals surface area contributed by atoms with Gasteiger partial charge in [-0.2, -0.15) is 5.10 Å². The summed E-state index contributed by atoms with van der Waals surface area (Å²) in [4.78, 5) is 10.7. The van der Waals surface area contributed by atoms with Crippen LogP contribution in [0.1, 0.15) is 42.2 Å². The van der Waals surface area contributed by atoms with Gasteiger partial charge < -0.3 is 0 Å². The molecule has 0 amide bonds. The molecule has 1 saturated carbocycles. The number of carbonyl (C=O) groups is 1. The number of halogens is 1. The van der Waals surface area contributed by atoms with Gasteiger partial charge in [0, 0.05) is 6.07 Å². The van der Waals surface area contributed by atoms with E-state index in [2.05, 4.69) is 27.7 Å². The molecule has 2 rings (SSSR count). The lowest BCUT2D eigenvalue weighted by atomic mass is 10.2. The summed E-state index contributed by atoms with van der Waals surface area (Å²) in [6, 6.07) is 2.30. The lowest BCUT2D eigenvalue weighted by Gasteiger charge is -2.10. The summed E-state index contributed by atoms with van der Waals surface area (Å²) in [6.45, 7) is 0. The van der Waals surface area contributed by atoms with Gasteiger partial charge in [-0.3, -0.25) is 9.48 Å². The van der Waals surface area contributed by atoms with E-state index in [9.17, 15) is 4.79 Å². The monoisotopic (exact) mass is 290 g/mol.